The molecule has 1 aliphatic carbocycles. The fraction of sp³-hybridized carbons (Fsp3) is 0.882. The van der Waals surface area contributed by atoms with E-state index in [1.807, 2.05) is 0 Å². The van der Waals surface area contributed by atoms with Crippen molar-refractivity contribution in [1.29, 1.82) is 0 Å². The molecule has 0 aromatic rings. The summed E-state index contributed by atoms with van der Waals surface area (Å²) in [5, 5.41) is 3.17. The van der Waals surface area contributed by atoms with Crippen LogP contribution >= 0.6 is 0 Å². The normalized spacial score (nSPS) is 28.8. The molecule has 1 N–H and O–H groups in total. The minimum Gasteiger partial charge on any atom is -0.379 e. The molecule has 0 unspecified atom stereocenters. The van der Waals surface area contributed by atoms with Gasteiger partial charge in [0, 0.05) is 45.2 Å². The van der Waals surface area contributed by atoms with Crippen molar-refractivity contribution in [3.8, 4) is 0 Å². The van der Waals surface area contributed by atoms with Crippen molar-refractivity contribution >= 4 is 11.8 Å². The van der Waals surface area contributed by atoms with Gasteiger partial charge in [0.15, 0.2) is 0 Å². The third kappa shape index (κ3) is 3.69. The molecular formula is C17H29N3O3. The first-order valence-corrected chi connectivity index (χ1v) is 8.95. The van der Waals surface area contributed by atoms with Crippen molar-refractivity contribution in [2.75, 3.05) is 46.4 Å². The number of nitrogens with zero attached hydrogens (tertiary/aromatic N) is 2. The average Bonchev–Trinajstić information content (AvgIpc) is 2.93. The molecule has 3 rings (SSSR count). The number of amides is 2. The smallest absolute Gasteiger partial charge is 0.225 e. The van der Waals surface area contributed by atoms with Gasteiger partial charge >= 0.3 is 0 Å². The highest BCUT2D eigenvalue weighted by Gasteiger charge is 2.40. The minimum atomic E-state index is -0.183. The predicted molar refractivity (Wildman–Crippen MR) is 87.0 cm³/mol. The molecule has 3 fully saturated rings. The molecule has 6 heteroatoms. The molecule has 2 aliphatic heterocycles. The van der Waals surface area contributed by atoms with E-state index in [0.29, 0.717) is 19.5 Å². The summed E-state index contributed by atoms with van der Waals surface area (Å²) in [5.41, 5.74) is 0.0895. The highest BCUT2D eigenvalue weighted by atomic mass is 16.5. The molecule has 2 amide bonds. The van der Waals surface area contributed by atoms with Gasteiger partial charge < -0.3 is 15.0 Å². The van der Waals surface area contributed by atoms with Crippen LogP contribution in [-0.2, 0) is 14.3 Å². The Morgan fingerprint density at radius 1 is 1.26 bits per heavy atom. The van der Waals surface area contributed by atoms with Crippen LogP contribution in [0.5, 0.6) is 0 Å². The molecule has 0 aromatic carbocycles. The van der Waals surface area contributed by atoms with E-state index in [2.05, 4.69) is 10.2 Å². The zero-order valence-corrected chi connectivity index (χ0v) is 14.2. The zero-order valence-electron chi connectivity index (χ0n) is 14.2. The second-order valence-electron chi connectivity index (χ2n) is 7.28. The Labute approximate surface area is 138 Å². The van der Waals surface area contributed by atoms with Gasteiger partial charge in [0.25, 0.3) is 0 Å². The van der Waals surface area contributed by atoms with Crippen molar-refractivity contribution in [3.05, 3.63) is 0 Å². The van der Waals surface area contributed by atoms with Gasteiger partial charge in [-0.2, -0.15) is 0 Å². The van der Waals surface area contributed by atoms with Gasteiger partial charge in [0.2, 0.25) is 11.8 Å². The molecule has 0 radical (unpaired) electrons. The summed E-state index contributed by atoms with van der Waals surface area (Å²) in [5.74, 6) is -0.0653. The van der Waals surface area contributed by atoms with Crippen LogP contribution in [0.2, 0.25) is 0 Å². The van der Waals surface area contributed by atoms with Crippen LogP contribution in [0.1, 0.15) is 38.5 Å². The molecule has 0 aromatic heterocycles. The lowest BCUT2D eigenvalue weighted by molar-refractivity contribution is -0.128. The Balaban J connectivity index is 1.60. The van der Waals surface area contributed by atoms with E-state index in [-0.39, 0.29) is 23.3 Å². The average molecular weight is 323 g/mol. The Morgan fingerprint density at radius 3 is 2.57 bits per heavy atom. The fourth-order valence-electron chi connectivity index (χ4n) is 4.29. The standard InChI is InChI=1S/C17H29N3O3/c1-19-12-14(11-15(19)21)16(22)18-13-17(5-3-2-4-6-17)20-7-9-23-10-8-20/h14H,2-13H2,1H3,(H,18,22)/t14-/m1/s1. The van der Waals surface area contributed by atoms with E-state index in [9.17, 15) is 9.59 Å². The van der Waals surface area contributed by atoms with Crippen LogP contribution in [-0.4, -0.2) is 73.6 Å². The van der Waals surface area contributed by atoms with Gasteiger partial charge in [-0.25, -0.2) is 0 Å². The predicted octanol–water partition coefficient (Wildman–Crippen LogP) is 0.616. The number of morpholine rings is 1. The van der Waals surface area contributed by atoms with Crippen molar-refractivity contribution < 1.29 is 14.3 Å². The largest absolute Gasteiger partial charge is 0.379 e. The molecule has 1 saturated carbocycles. The van der Waals surface area contributed by atoms with E-state index in [0.717, 1.165) is 39.1 Å². The quantitative estimate of drug-likeness (QED) is 0.824. The second kappa shape index (κ2) is 7.18. The van der Waals surface area contributed by atoms with E-state index in [4.69, 9.17) is 4.74 Å². The zero-order chi connectivity index (χ0) is 16.3. The first kappa shape index (κ1) is 16.7. The van der Waals surface area contributed by atoms with Crippen molar-refractivity contribution in [3.63, 3.8) is 0 Å². The maximum atomic E-state index is 12.5. The van der Waals surface area contributed by atoms with Gasteiger partial charge in [-0.3, -0.25) is 14.5 Å². The highest BCUT2D eigenvalue weighted by molar-refractivity contribution is 5.89. The summed E-state index contributed by atoms with van der Waals surface area (Å²) >= 11 is 0. The highest BCUT2D eigenvalue weighted by Crippen LogP contribution is 2.34. The summed E-state index contributed by atoms with van der Waals surface area (Å²) in [4.78, 5) is 28.3. The van der Waals surface area contributed by atoms with Crippen molar-refractivity contribution in [2.24, 2.45) is 5.92 Å². The molecule has 3 aliphatic rings. The van der Waals surface area contributed by atoms with Gasteiger partial charge in [0.05, 0.1) is 19.1 Å². The molecular weight excluding hydrogens is 294 g/mol. The van der Waals surface area contributed by atoms with Crippen LogP contribution in [0.25, 0.3) is 0 Å². The summed E-state index contributed by atoms with van der Waals surface area (Å²) < 4.78 is 5.49. The lowest BCUT2D eigenvalue weighted by Gasteiger charge is -2.48. The molecule has 2 heterocycles. The van der Waals surface area contributed by atoms with Gasteiger partial charge in [-0.15, -0.1) is 0 Å². The third-order valence-electron chi connectivity index (χ3n) is 5.77. The van der Waals surface area contributed by atoms with E-state index < -0.39 is 0 Å². The number of hydrogen-bond acceptors (Lipinski definition) is 4. The molecule has 130 valence electrons. The van der Waals surface area contributed by atoms with E-state index >= 15 is 0 Å². The topological polar surface area (TPSA) is 61.9 Å². The number of carbonyl (C=O) groups is 2. The molecule has 6 nitrogen and oxygen atoms in total. The van der Waals surface area contributed by atoms with Crippen LogP contribution in [0.4, 0.5) is 0 Å². The Morgan fingerprint density at radius 2 is 1.96 bits per heavy atom. The number of likely N-dealkylation sites (tertiary alicyclic amines) is 1. The van der Waals surface area contributed by atoms with Crippen LogP contribution in [0.3, 0.4) is 0 Å². The second-order valence-corrected chi connectivity index (χ2v) is 7.28. The number of ether oxygens (including phenoxy) is 1. The van der Waals surface area contributed by atoms with Crippen LogP contribution in [0.15, 0.2) is 0 Å². The fourth-order valence-corrected chi connectivity index (χ4v) is 4.29. The SMILES string of the molecule is CN1C[C@H](C(=O)NCC2(N3CCOCC3)CCCCC2)CC1=O. The molecule has 0 bridgehead atoms. The van der Waals surface area contributed by atoms with Crippen LogP contribution < -0.4 is 5.32 Å². The number of nitrogens with one attached hydrogen (secondary N) is 1. The molecule has 2 saturated heterocycles. The van der Waals surface area contributed by atoms with Crippen LogP contribution in [0, 0.1) is 5.92 Å². The number of carbonyl (C=O) groups excluding carboxylic acids is 2. The summed E-state index contributed by atoms with van der Waals surface area (Å²) in [6.45, 7) is 4.76. The maximum absolute atomic E-state index is 12.5. The molecule has 23 heavy (non-hydrogen) atoms. The summed E-state index contributed by atoms with van der Waals surface area (Å²) in [6.07, 6.45) is 6.41. The number of rotatable bonds is 4. The summed E-state index contributed by atoms with van der Waals surface area (Å²) in [7, 11) is 1.77. The van der Waals surface area contributed by atoms with Gasteiger partial charge in [-0.05, 0) is 12.8 Å². The third-order valence-corrected chi connectivity index (χ3v) is 5.77. The summed E-state index contributed by atoms with van der Waals surface area (Å²) in [6, 6.07) is 0. The van der Waals surface area contributed by atoms with Crippen molar-refractivity contribution in [1.82, 2.24) is 15.1 Å². The first-order chi connectivity index (χ1) is 11.1. The number of hydrogen-bond donors (Lipinski definition) is 1. The minimum absolute atomic E-state index is 0.0425. The Kier molecular flexibility index (Phi) is 5.21. The first-order valence-electron chi connectivity index (χ1n) is 8.95. The lowest BCUT2D eigenvalue weighted by Crippen LogP contribution is -2.60. The Hall–Kier alpha value is -1.14. The lowest BCUT2D eigenvalue weighted by atomic mass is 9.79. The molecule has 1 atom stereocenters. The molecule has 0 spiro atoms. The maximum Gasteiger partial charge on any atom is 0.225 e. The van der Waals surface area contributed by atoms with E-state index in [1.54, 1.807) is 11.9 Å². The van der Waals surface area contributed by atoms with Gasteiger partial charge in [0.1, 0.15) is 0 Å². The monoisotopic (exact) mass is 323 g/mol. The van der Waals surface area contributed by atoms with Crippen molar-refractivity contribution in [2.45, 2.75) is 44.1 Å². The van der Waals surface area contributed by atoms with Gasteiger partial charge in [-0.1, -0.05) is 19.3 Å². The van der Waals surface area contributed by atoms with E-state index in [1.165, 1.54) is 19.3 Å². The Bertz CT molecular complexity index is 442.